The van der Waals surface area contributed by atoms with Crippen LogP contribution in [0.15, 0.2) is 54.6 Å². The number of nitrogens with zero attached hydrogens (tertiary/aromatic N) is 4. The lowest BCUT2D eigenvalue weighted by molar-refractivity contribution is -0.0534. The van der Waals surface area contributed by atoms with Gasteiger partial charge in [-0.1, -0.05) is 29.8 Å². The third-order valence-corrected chi connectivity index (χ3v) is 5.12. The van der Waals surface area contributed by atoms with E-state index in [0.717, 1.165) is 42.1 Å². The first-order valence-electron chi connectivity index (χ1n) is 9.14. The largest absolute Gasteiger partial charge is 0.415 e. The van der Waals surface area contributed by atoms with Crippen LogP contribution in [0.3, 0.4) is 0 Å². The second-order valence-electron chi connectivity index (χ2n) is 6.82. The summed E-state index contributed by atoms with van der Waals surface area (Å²) in [5.41, 5.74) is 4.61. The smallest absolute Gasteiger partial charge is 0.388 e. The van der Waals surface area contributed by atoms with E-state index in [1.165, 1.54) is 6.07 Å². The molecule has 2 aromatic carbocycles. The molecule has 150 valence electrons. The number of fused-ring (bicyclic) bond motifs is 1. The Hall–Kier alpha value is -2.77. The topological polar surface area (TPSA) is 41.5 Å². The lowest BCUT2D eigenvalue weighted by atomic mass is 10.0. The molecule has 3 aromatic rings. The maximum atomic E-state index is 12.3. The Labute approximate surface area is 172 Å². The summed E-state index contributed by atoms with van der Waals surface area (Å²) in [4.78, 5) is 4.46. The van der Waals surface area contributed by atoms with Crippen LogP contribution in [0, 0.1) is 0 Å². The number of anilines is 2. The summed E-state index contributed by atoms with van der Waals surface area (Å²) in [5, 5.41) is 8.45. The number of halogens is 3. The fourth-order valence-corrected chi connectivity index (χ4v) is 3.68. The van der Waals surface area contributed by atoms with Gasteiger partial charge >= 0.3 is 6.61 Å². The van der Waals surface area contributed by atoms with E-state index in [1.54, 1.807) is 6.07 Å². The lowest BCUT2D eigenvalue weighted by Gasteiger charge is -2.26. The van der Waals surface area contributed by atoms with Gasteiger partial charge in [0.05, 0.1) is 16.4 Å². The number of hydrogen-bond acceptors (Lipinski definition) is 5. The summed E-state index contributed by atoms with van der Waals surface area (Å²) >= 11 is 6.45. The van der Waals surface area contributed by atoms with E-state index in [-0.39, 0.29) is 5.88 Å². The fourth-order valence-electron chi connectivity index (χ4n) is 3.44. The molecule has 8 heteroatoms. The first-order valence-corrected chi connectivity index (χ1v) is 9.51. The zero-order valence-electron chi connectivity index (χ0n) is 15.7. The molecule has 29 heavy (non-hydrogen) atoms. The zero-order chi connectivity index (χ0) is 20.4. The molecule has 0 fully saturated rings. The molecule has 1 aromatic heterocycles. The molecule has 0 bridgehead atoms. The predicted molar refractivity (Wildman–Crippen MR) is 109 cm³/mol. The summed E-state index contributed by atoms with van der Waals surface area (Å²) in [6.07, 6.45) is 0. The van der Waals surface area contributed by atoms with Gasteiger partial charge in [-0.15, -0.1) is 10.2 Å². The molecule has 0 unspecified atom stereocenters. The van der Waals surface area contributed by atoms with Gasteiger partial charge < -0.3 is 14.5 Å². The van der Waals surface area contributed by atoms with E-state index in [0.29, 0.717) is 10.7 Å². The summed E-state index contributed by atoms with van der Waals surface area (Å²) < 4.78 is 28.9. The number of likely N-dealkylation sites (N-methyl/N-ethyl adjacent to an activating group) is 1. The second-order valence-corrected chi connectivity index (χ2v) is 7.23. The predicted octanol–water partition coefficient (Wildman–Crippen LogP) is 4.98. The zero-order valence-corrected chi connectivity index (χ0v) is 16.5. The molecule has 0 aliphatic carbocycles. The van der Waals surface area contributed by atoms with Gasteiger partial charge in [0.15, 0.2) is 0 Å². The SMILES string of the molecule is CN1CCN(c2ccccc2Cl)c2ccc(-c3ccc(OC(F)F)nn3)cc2C1. The van der Waals surface area contributed by atoms with Gasteiger partial charge in [0, 0.05) is 37.0 Å². The normalized spacial score (nSPS) is 14.6. The standard InChI is InChI=1S/C21H19ClF2N4O/c1-27-10-11-28(19-5-3-2-4-16(19)22)18-8-6-14(12-15(18)13-27)17-7-9-20(26-25-17)29-21(23)24/h2-9,12,21H,10-11,13H2,1H3. The Morgan fingerprint density at radius 1 is 1.00 bits per heavy atom. The quantitative estimate of drug-likeness (QED) is 0.600. The fraction of sp³-hybridized carbons (Fsp3) is 0.238. The van der Waals surface area contributed by atoms with Crippen LogP contribution in [0.25, 0.3) is 11.3 Å². The van der Waals surface area contributed by atoms with Crippen molar-refractivity contribution in [3.63, 3.8) is 0 Å². The maximum absolute atomic E-state index is 12.3. The number of para-hydroxylation sites is 1. The van der Waals surface area contributed by atoms with Crippen molar-refractivity contribution in [2.45, 2.75) is 13.2 Å². The van der Waals surface area contributed by atoms with Gasteiger partial charge in [-0.25, -0.2) is 0 Å². The van der Waals surface area contributed by atoms with Crippen LogP contribution in [0.1, 0.15) is 5.56 Å². The minimum atomic E-state index is -2.92. The highest BCUT2D eigenvalue weighted by molar-refractivity contribution is 6.33. The van der Waals surface area contributed by atoms with Gasteiger partial charge in [0.1, 0.15) is 0 Å². The van der Waals surface area contributed by atoms with Gasteiger partial charge in [-0.3, -0.25) is 0 Å². The molecular weight excluding hydrogens is 398 g/mol. The van der Waals surface area contributed by atoms with E-state index < -0.39 is 6.61 Å². The second kappa shape index (κ2) is 8.31. The van der Waals surface area contributed by atoms with Crippen molar-refractivity contribution in [3.8, 4) is 17.1 Å². The summed E-state index contributed by atoms with van der Waals surface area (Å²) in [6.45, 7) is -0.459. The molecule has 5 nitrogen and oxygen atoms in total. The molecule has 4 rings (SSSR count). The van der Waals surface area contributed by atoms with Crippen LogP contribution >= 0.6 is 11.6 Å². The van der Waals surface area contributed by atoms with E-state index in [2.05, 4.69) is 37.8 Å². The Bertz CT molecular complexity index is 1000. The molecule has 0 radical (unpaired) electrons. The summed E-state index contributed by atoms with van der Waals surface area (Å²) in [6, 6.07) is 16.8. The molecule has 0 atom stereocenters. The van der Waals surface area contributed by atoms with Crippen LogP contribution in [-0.2, 0) is 6.54 Å². The van der Waals surface area contributed by atoms with Crippen LogP contribution in [0.5, 0.6) is 5.88 Å². The highest BCUT2D eigenvalue weighted by Gasteiger charge is 2.21. The lowest BCUT2D eigenvalue weighted by Crippen LogP contribution is -2.26. The Kier molecular flexibility index (Phi) is 5.60. The average Bonchev–Trinajstić information content (AvgIpc) is 2.86. The number of alkyl halides is 2. The van der Waals surface area contributed by atoms with Crippen LogP contribution < -0.4 is 9.64 Å². The molecule has 2 heterocycles. The van der Waals surface area contributed by atoms with Crippen LogP contribution in [-0.4, -0.2) is 41.8 Å². The highest BCUT2D eigenvalue weighted by atomic mass is 35.5. The average molecular weight is 417 g/mol. The van der Waals surface area contributed by atoms with E-state index in [4.69, 9.17) is 11.6 Å². The third kappa shape index (κ3) is 4.31. The van der Waals surface area contributed by atoms with Crippen molar-refractivity contribution in [2.75, 3.05) is 25.0 Å². The first-order chi connectivity index (χ1) is 14.0. The molecule has 1 aliphatic rings. The highest BCUT2D eigenvalue weighted by Crippen LogP contribution is 2.37. The third-order valence-electron chi connectivity index (χ3n) is 4.80. The maximum Gasteiger partial charge on any atom is 0.388 e. The summed E-state index contributed by atoms with van der Waals surface area (Å²) in [7, 11) is 2.07. The van der Waals surface area contributed by atoms with Crippen molar-refractivity contribution in [2.24, 2.45) is 0 Å². The minimum Gasteiger partial charge on any atom is -0.415 e. The van der Waals surface area contributed by atoms with E-state index in [1.807, 2.05) is 36.4 Å². The van der Waals surface area contributed by atoms with Crippen LogP contribution in [0.4, 0.5) is 20.2 Å². The molecule has 0 saturated carbocycles. The number of aromatic nitrogens is 2. The Morgan fingerprint density at radius 2 is 1.83 bits per heavy atom. The van der Waals surface area contributed by atoms with Crippen molar-refractivity contribution in [1.82, 2.24) is 15.1 Å². The number of rotatable bonds is 4. The van der Waals surface area contributed by atoms with Gasteiger partial charge in [-0.2, -0.15) is 8.78 Å². The van der Waals surface area contributed by atoms with E-state index in [9.17, 15) is 8.78 Å². The number of ether oxygens (including phenoxy) is 1. The Morgan fingerprint density at radius 3 is 2.55 bits per heavy atom. The molecule has 0 N–H and O–H groups in total. The van der Waals surface area contributed by atoms with Crippen molar-refractivity contribution in [3.05, 3.63) is 65.2 Å². The molecule has 0 spiro atoms. The minimum absolute atomic E-state index is 0.205. The number of hydrogen-bond donors (Lipinski definition) is 0. The van der Waals surface area contributed by atoms with Gasteiger partial charge in [0.25, 0.3) is 0 Å². The monoisotopic (exact) mass is 416 g/mol. The van der Waals surface area contributed by atoms with Crippen molar-refractivity contribution in [1.29, 1.82) is 0 Å². The van der Waals surface area contributed by atoms with Gasteiger partial charge in [0.2, 0.25) is 5.88 Å². The van der Waals surface area contributed by atoms with Crippen LogP contribution in [0.2, 0.25) is 5.02 Å². The summed E-state index contributed by atoms with van der Waals surface area (Å²) in [5.74, 6) is -0.205. The van der Waals surface area contributed by atoms with Crippen molar-refractivity contribution < 1.29 is 13.5 Å². The molecule has 0 saturated heterocycles. The first kappa shape index (κ1) is 19.5. The molecular formula is C21H19ClF2N4O. The Balaban J connectivity index is 1.70. The van der Waals surface area contributed by atoms with E-state index >= 15 is 0 Å². The van der Waals surface area contributed by atoms with Crippen molar-refractivity contribution >= 4 is 23.0 Å². The molecule has 1 aliphatic heterocycles. The number of benzene rings is 2. The molecule has 0 amide bonds. The van der Waals surface area contributed by atoms with Gasteiger partial charge in [-0.05, 0) is 42.9 Å².